The number of carbonyl (C=O) groups excluding carboxylic acids is 2. The molecule has 176 valence electrons. The Balaban J connectivity index is 1.52. The molecule has 2 heterocycles. The van der Waals surface area contributed by atoms with E-state index in [1.54, 1.807) is 12.1 Å². The summed E-state index contributed by atoms with van der Waals surface area (Å²) >= 11 is 0. The van der Waals surface area contributed by atoms with Gasteiger partial charge in [0.25, 0.3) is 5.91 Å². The highest BCUT2D eigenvalue weighted by molar-refractivity contribution is 6.04. The predicted molar refractivity (Wildman–Crippen MR) is 117 cm³/mol. The number of carbonyl (C=O) groups is 2. The number of piperidine rings is 1. The van der Waals surface area contributed by atoms with E-state index in [1.165, 1.54) is 12.1 Å². The number of alkyl halides is 3. The molecule has 0 aromatic heterocycles. The van der Waals surface area contributed by atoms with Crippen molar-refractivity contribution in [3.63, 3.8) is 0 Å². The van der Waals surface area contributed by atoms with Gasteiger partial charge in [0.05, 0.1) is 24.7 Å². The number of hydrogen-bond acceptors (Lipinski definition) is 4. The number of aryl methyl sites for hydroxylation is 1. The van der Waals surface area contributed by atoms with Gasteiger partial charge in [-0.1, -0.05) is 12.1 Å². The summed E-state index contributed by atoms with van der Waals surface area (Å²) < 4.78 is 44.4. The lowest BCUT2D eigenvalue weighted by molar-refractivity contribution is -0.137. The van der Waals surface area contributed by atoms with Crippen LogP contribution in [0.2, 0.25) is 0 Å². The summed E-state index contributed by atoms with van der Waals surface area (Å²) in [6, 6.07) is 9.72. The Bertz CT molecular complexity index is 1040. The summed E-state index contributed by atoms with van der Waals surface area (Å²) in [7, 11) is 0. The van der Waals surface area contributed by atoms with E-state index >= 15 is 0 Å². The van der Waals surface area contributed by atoms with Crippen LogP contribution in [-0.2, 0) is 15.7 Å². The average Bonchev–Trinajstić information content (AvgIpc) is 2.81. The number of nitrogens with zero attached hydrogens (tertiary/aromatic N) is 1. The molecule has 4 rings (SSSR count). The Morgan fingerprint density at radius 3 is 2.64 bits per heavy atom. The Morgan fingerprint density at radius 2 is 1.91 bits per heavy atom. The van der Waals surface area contributed by atoms with Crippen molar-refractivity contribution in [3.8, 4) is 0 Å². The van der Waals surface area contributed by atoms with Crippen LogP contribution >= 0.6 is 0 Å². The summed E-state index contributed by atoms with van der Waals surface area (Å²) in [5.41, 5.74) is 1.17. The fourth-order valence-corrected chi connectivity index (χ4v) is 4.43. The Labute approximate surface area is 190 Å². The zero-order chi connectivity index (χ0) is 23.6. The van der Waals surface area contributed by atoms with Crippen molar-refractivity contribution >= 4 is 17.5 Å². The third-order valence-electron chi connectivity index (χ3n) is 6.26. The maximum Gasteiger partial charge on any atom is 0.416 e. The normalized spacial score (nSPS) is 22.0. The van der Waals surface area contributed by atoms with E-state index in [-0.39, 0.29) is 23.4 Å². The van der Waals surface area contributed by atoms with Gasteiger partial charge in [-0.3, -0.25) is 14.5 Å². The minimum Gasteiger partial charge on any atom is -0.379 e. The van der Waals surface area contributed by atoms with Crippen LogP contribution in [0.5, 0.6) is 0 Å². The zero-order valence-corrected chi connectivity index (χ0v) is 18.2. The van der Waals surface area contributed by atoms with Gasteiger partial charge in [-0.25, -0.2) is 0 Å². The largest absolute Gasteiger partial charge is 0.416 e. The molecule has 2 aromatic rings. The summed E-state index contributed by atoms with van der Waals surface area (Å²) in [6.07, 6.45) is -3.88. The molecule has 2 amide bonds. The topological polar surface area (TPSA) is 70.7 Å². The number of halogens is 3. The van der Waals surface area contributed by atoms with Gasteiger partial charge < -0.3 is 15.4 Å². The summed E-state index contributed by atoms with van der Waals surface area (Å²) in [5.74, 6) is -1.09. The van der Waals surface area contributed by atoms with E-state index in [1.807, 2.05) is 13.0 Å². The molecule has 2 atom stereocenters. The zero-order valence-electron chi connectivity index (χ0n) is 18.2. The first-order chi connectivity index (χ1) is 15.7. The molecule has 2 unspecified atom stereocenters. The number of nitrogens with one attached hydrogen (secondary N) is 2. The van der Waals surface area contributed by atoms with Crippen LogP contribution in [0.1, 0.15) is 39.4 Å². The molecule has 2 aromatic carbocycles. The standard InChI is InChI=1S/C24H26F3N3O3/c1-15-5-6-18(29-22(31)16-3-2-4-17(11-16)24(25,26)27)12-20(15)21-13-19(14-28-23(21)32)30-7-9-33-10-8-30/h2-6,11-12,19,21H,7-10,13-14H2,1H3,(H,28,32)(H,29,31). The highest BCUT2D eigenvalue weighted by Gasteiger charge is 2.34. The number of morpholine rings is 1. The second-order valence-corrected chi connectivity index (χ2v) is 8.44. The molecular weight excluding hydrogens is 435 g/mol. The van der Waals surface area contributed by atoms with E-state index in [2.05, 4.69) is 15.5 Å². The molecule has 9 heteroatoms. The smallest absolute Gasteiger partial charge is 0.379 e. The fourth-order valence-electron chi connectivity index (χ4n) is 4.43. The average molecular weight is 461 g/mol. The minimum absolute atomic E-state index is 0.0658. The van der Waals surface area contributed by atoms with Crippen molar-refractivity contribution in [1.29, 1.82) is 0 Å². The van der Waals surface area contributed by atoms with Crippen LogP contribution in [-0.4, -0.2) is 55.6 Å². The molecule has 2 fully saturated rings. The van der Waals surface area contributed by atoms with Crippen LogP contribution in [0.3, 0.4) is 0 Å². The Kier molecular flexibility index (Phi) is 6.71. The van der Waals surface area contributed by atoms with E-state index < -0.39 is 17.6 Å². The number of amides is 2. The SMILES string of the molecule is Cc1ccc(NC(=O)c2cccc(C(F)(F)F)c2)cc1C1CC(N2CCOCC2)CNC1=O. The molecule has 0 saturated carbocycles. The summed E-state index contributed by atoms with van der Waals surface area (Å²) in [4.78, 5) is 27.6. The number of hydrogen-bond donors (Lipinski definition) is 2. The lowest BCUT2D eigenvalue weighted by atomic mass is 9.85. The number of anilines is 1. The molecule has 33 heavy (non-hydrogen) atoms. The molecule has 6 nitrogen and oxygen atoms in total. The number of rotatable bonds is 4. The van der Waals surface area contributed by atoms with Crippen LogP contribution in [0.4, 0.5) is 18.9 Å². The van der Waals surface area contributed by atoms with Crippen molar-refractivity contribution in [3.05, 3.63) is 64.7 Å². The minimum atomic E-state index is -4.53. The van der Waals surface area contributed by atoms with Crippen LogP contribution in [0, 0.1) is 6.92 Å². The predicted octanol–water partition coefficient (Wildman–Crippen LogP) is 3.57. The molecule has 0 bridgehead atoms. The number of benzene rings is 2. The van der Waals surface area contributed by atoms with Gasteiger partial charge in [0.1, 0.15) is 0 Å². The molecule has 2 aliphatic rings. The number of ether oxygens (including phenoxy) is 1. The summed E-state index contributed by atoms with van der Waals surface area (Å²) in [5, 5.41) is 5.66. The van der Waals surface area contributed by atoms with Crippen LogP contribution in [0.25, 0.3) is 0 Å². The Hall–Kier alpha value is -2.91. The maximum absolute atomic E-state index is 13.0. The fraction of sp³-hybridized carbons (Fsp3) is 0.417. The highest BCUT2D eigenvalue weighted by atomic mass is 19.4. The lowest BCUT2D eigenvalue weighted by Gasteiger charge is -2.39. The van der Waals surface area contributed by atoms with Crippen LogP contribution in [0.15, 0.2) is 42.5 Å². The second kappa shape index (κ2) is 9.52. The van der Waals surface area contributed by atoms with Crippen LogP contribution < -0.4 is 10.6 Å². The van der Waals surface area contributed by atoms with Gasteiger partial charge in [0, 0.05) is 36.9 Å². The van der Waals surface area contributed by atoms with Crippen molar-refractivity contribution in [2.75, 3.05) is 38.2 Å². The second-order valence-electron chi connectivity index (χ2n) is 8.44. The van der Waals surface area contributed by atoms with Gasteiger partial charge in [-0.05, 0) is 54.8 Å². The maximum atomic E-state index is 13.0. The molecule has 0 radical (unpaired) electrons. The van der Waals surface area contributed by atoms with E-state index in [0.29, 0.717) is 31.9 Å². The quantitative estimate of drug-likeness (QED) is 0.731. The van der Waals surface area contributed by atoms with Crippen molar-refractivity contribution in [1.82, 2.24) is 10.2 Å². The van der Waals surface area contributed by atoms with E-state index in [9.17, 15) is 22.8 Å². The van der Waals surface area contributed by atoms with Gasteiger partial charge in [-0.15, -0.1) is 0 Å². The van der Waals surface area contributed by atoms with E-state index in [4.69, 9.17) is 4.74 Å². The van der Waals surface area contributed by atoms with Gasteiger partial charge in [0.15, 0.2) is 0 Å². The first kappa shape index (κ1) is 23.3. The van der Waals surface area contributed by atoms with Gasteiger partial charge in [-0.2, -0.15) is 13.2 Å². The Morgan fingerprint density at radius 1 is 1.15 bits per heavy atom. The highest BCUT2D eigenvalue weighted by Crippen LogP contribution is 2.32. The van der Waals surface area contributed by atoms with Crippen molar-refractivity contribution in [2.24, 2.45) is 0 Å². The van der Waals surface area contributed by atoms with Gasteiger partial charge in [0.2, 0.25) is 5.91 Å². The molecular formula is C24H26F3N3O3. The lowest BCUT2D eigenvalue weighted by Crippen LogP contribution is -2.53. The molecule has 2 N–H and O–H groups in total. The molecule has 0 spiro atoms. The molecule has 2 aliphatic heterocycles. The molecule has 0 aliphatic carbocycles. The first-order valence-electron chi connectivity index (χ1n) is 10.9. The van der Waals surface area contributed by atoms with E-state index in [0.717, 1.165) is 36.3 Å². The van der Waals surface area contributed by atoms with Crippen molar-refractivity contribution < 1.29 is 27.5 Å². The monoisotopic (exact) mass is 461 g/mol. The third kappa shape index (κ3) is 5.36. The summed E-state index contributed by atoms with van der Waals surface area (Å²) in [6.45, 7) is 5.47. The van der Waals surface area contributed by atoms with Gasteiger partial charge >= 0.3 is 6.18 Å². The van der Waals surface area contributed by atoms with Crippen molar-refractivity contribution in [2.45, 2.75) is 31.5 Å². The molecule has 2 saturated heterocycles. The third-order valence-corrected chi connectivity index (χ3v) is 6.26. The first-order valence-corrected chi connectivity index (χ1v) is 10.9.